The van der Waals surface area contributed by atoms with Gasteiger partial charge in [-0.25, -0.2) is 0 Å². The van der Waals surface area contributed by atoms with Crippen molar-refractivity contribution in [1.29, 1.82) is 0 Å². The Bertz CT molecular complexity index is 394. The van der Waals surface area contributed by atoms with Crippen LogP contribution in [0.5, 0.6) is 0 Å². The SMILES string of the molecule is O=C(Cc1cccc(Cl)c1)N1CC[C@H](O)C1. The second-order valence-corrected chi connectivity index (χ2v) is 4.53. The van der Waals surface area contributed by atoms with Gasteiger partial charge in [-0.2, -0.15) is 0 Å². The number of rotatable bonds is 2. The van der Waals surface area contributed by atoms with Gasteiger partial charge >= 0.3 is 0 Å². The summed E-state index contributed by atoms with van der Waals surface area (Å²) in [6, 6.07) is 7.31. The lowest BCUT2D eigenvalue weighted by molar-refractivity contribution is -0.129. The molecule has 1 aromatic carbocycles. The molecule has 16 heavy (non-hydrogen) atoms. The summed E-state index contributed by atoms with van der Waals surface area (Å²) < 4.78 is 0. The van der Waals surface area contributed by atoms with E-state index in [1.807, 2.05) is 12.1 Å². The summed E-state index contributed by atoms with van der Waals surface area (Å²) in [6.45, 7) is 1.11. The van der Waals surface area contributed by atoms with Gasteiger partial charge in [-0.3, -0.25) is 4.79 Å². The Morgan fingerprint density at radius 3 is 3.00 bits per heavy atom. The standard InChI is InChI=1S/C12H14ClNO2/c13-10-3-1-2-9(6-10)7-12(16)14-5-4-11(15)8-14/h1-3,6,11,15H,4-5,7-8H2/t11-/m0/s1. The molecule has 1 aliphatic rings. The van der Waals surface area contributed by atoms with Crippen LogP contribution in [0.2, 0.25) is 5.02 Å². The van der Waals surface area contributed by atoms with E-state index in [1.165, 1.54) is 0 Å². The summed E-state index contributed by atoms with van der Waals surface area (Å²) in [6.07, 6.45) is 0.678. The lowest BCUT2D eigenvalue weighted by Crippen LogP contribution is -2.30. The first kappa shape index (κ1) is 11.4. The van der Waals surface area contributed by atoms with Crippen LogP contribution in [0, 0.1) is 0 Å². The third-order valence-corrected chi connectivity index (χ3v) is 3.00. The number of aliphatic hydroxyl groups is 1. The molecule has 1 saturated heterocycles. The zero-order valence-electron chi connectivity index (χ0n) is 8.90. The molecule has 0 spiro atoms. The number of hydrogen-bond donors (Lipinski definition) is 1. The van der Waals surface area contributed by atoms with Gasteiger partial charge in [0.2, 0.25) is 5.91 Å². The molecule has 1 amide bonds. The number of β-amino-alcohol motifs (C(OH)–C–C–N with tert-alkyl or cyclic N) is 1. The van der Waals surface area contributed by atoms with Gasteiger partial charge in [-0.1, -0.05) is 23.7 Å². The molecule has 0 bridgehead atoms. The first-order valence-corrected chi connectivity index (χ1v) is 5.73. The second kappa shape index (κ2) is 4.85. The molecule has 1 atom stereocenters. The Kier molecular flexibility index (Phi) is 3.46. The monoisotopic (exact) mass is 239 g/mol. The third kappa shape index (κ3) is 2.74. The van der Waals surface area contributed by atoms with E-state index in [9.17, 15) is 9.90 Å². The van der Waals surface area contributed by atoms with Crippen molar-refractivity contribution in [2.75, 3.05) is 13.1 Å². The number of carbonyl (C=O) groups is 1. The molecule has 2 rings (SSSR count). The Balaban J connectivity index is 1.97. The number of amides is 1. The van der Waals surface area contributed by atoms with Gasteiger partial charge in [-0.05, 0) is 24.1 Å². The Labute approximate surface area is 99.6 Å². The zero-order valence-corrected chi connectivity index (χ0v) is 9.65. The predicted molar refractivity (Wildman–Crippen MR) is 62.4 cm³/mol. The highest BCUT2D eigenvalue weighted by atomic mass is 35.5. The number of carbonyl (C=O) groups excluding carboxylic acids is 1. The Morgan fingerprint density at radius 2 is 2.38 bits per heavy atom. The maximum Gasteiger partial charge on any atom is 0.227 e. The smallest absolute Gasteiger partial charge is 0.227 e. The molecule has 1 heterocycles. The summed E-state index contributed by atoms with van der Waals surface area (Å²) in [5.41, 5.74) is 0.916. The highest BCUT2D eigenvalue weighted by Gasteiger charge is 2.24. The molecule has 0 radical (unpaired) electrons. The minimum absolute atomic E-state index is 0.0545. The van der Waals surface area contributed by atoms with E-state index in [1.54, 1.807) is 17.0 Å². The average molecular weight is 240 g/mol. The van der Waals surface area contributed by atoms with E-state index >= 15 is 0 Å². The van der Waals surface area contributed by atoms with Gasteiger partial charge in [0.05, 0.1) is 12.5 Å². The maximum atomic E-state index is 11.8. The Morgan fingerprint density at radius 1 is 1.56 bits per heavy atom. The lowest BCUT2D eigenvalue weighted by Gasteiger charge is -2.15. The number of aliphatic hydroxyl groups excluding tert-OH is 1. The van der Waals surface area contributed by atoms with E-state index in [4.69, 9.17) is 11.6 Å². The van der Waals surface area contributed by atoms with Gasteiger partial charge in [-0.15, -0.1) is 0 Å². The molecule has 0 unspecified atom stereocenters. The first-order chi connectivity index (χ1) is 7.65. The van der Waals surface area contributed by atoms with E-state index in [0.717, 1.165) is 5.56 Å². The van der Waals surface area contributed by atoms with Gasteiger partial charge in [0.1, 0.15) is 0 Å². The molecule has 0 saturated carbocycles. The fraction of sp³-hybridized carbons (Fsp3) is 0.417. The van der Waals surface area contributed by atoms with Crippen LogP contribution in [0.1, 0.15) is 12.0 Å². The van der Waals surface area contributed by atoms with E-state index in [-0.39, 0.29) is 12.0 Å². The van der Waals surface area contributed by atoms with Crippen molar-refractivity contribution in [3.63, 3.8) is 0 Å². The van der Waals surface area contributed by atoms with Crippen molar-refractivity contribution in [3.8, 4) is 0 Å². The minimum atomic E-state index is -0.358. The normalized spacial score (nSPS) is 20.1. The molecular formula is C12H14ClNO2. The molecule has 1 fully saturated rings. The molecule has 1 aliphatic heterocycles. The number of hydrogen-bond acceptors (Lipinski definition) is 2. The van der Waals surface area contributed by atoms with E-state index in [2.05, 4.69) is 0 Å². The van der Waals surface area contributed by atoms with Crippen LogP contribution >= 0.6 is 11.6 Å². The van der Waals surface area contributed by atoms with Crippen molar-refractivity contribution in [2.45, 2.75) is 18.9 Å². The van der Waals surface area contributed by atoms with Gasteiger partial charge in [0.25, 0.3) is 0 Å². The van der Waals surface area contributed by atoms with Crippen LogP contribution in [-0.4, -0.2) is 35.1 Å². The molecule has 1 aromatic rings. The summed E-state index contributed by atoms with van der Waals surface area (Å²) in [7, 11) is 0. The zero-order chi connectivity index (χ0) is 11.5. The van der Waals surface area contributed by atoms with Crippen molar-refractivity contribution >= 4 is 17.5 Å². The van der Waals surface area contributed by atoms with Crippen LogP contribution in [0.3, 0.4) is 0 Å². The van der Waals surface area contributed by atoms with Gasteiger partial charge < -0.3 is 10.0 Å². The molecule has 0 aliphatic carbocycles. The number of likely N-dealkylation sites (tertiary alicyclic amines) is 1. The van der Waals surface area contributed by atoms with Crippen molar-refractivity contribution in [3.05, 3.63) is 34.9 Å². The minimum Gasteiger partial charge on any atom is -0.391 e. The van der Waals surface area contributed by atoms with Crippen molar-refractivity contribution in [2.24, 2.45) is 0 Å². The molecular weight excluding hydrogens is 226 g/mol. The topological polar surface area (TPSA) is 40.5 Å². The van der Waals surface area contributed by atoms with Crippen LogP contribution in [0.25, 0.3) is 0 Å². The number of halogens is 1. The van der Waals surface area contributed by atoms with E-state index in [0.29, 0.717) is 31.0 Å². The lowest BCUT2D eigenvalue weighted by atomic mass is 10.1. The predicted octanol–water partition coefficient (Wildman–Crippen LogP) is 1.48. The summed E-state index contributed by atoms with van der Waals surface area (Å²) >= 11 is 5.85. The fourth-order valence-corrected chi connectivity index (χ4v) is 2.11. The van der Waals surface area contributed by atoms with Crippen LogP contribution in [0.15, 0.2) is 24.3 Å². The number of nitrogens with zero attached hydrogens (tertiary/aromatic N) is 1. The molecule has 0 aromatic heterocycles. The third-order valence-electron chi connectivity index (χ3n) is 2.76. The highest BCUT2D eigenvalue weighted by Crippen LogP contribution is 2.14. The quantitative estimate of drug-likeness (QED) is 0.849. The molecule has 1 N–H and O–H groups in total. The second-order valence-electron chi connectivity index (χ2n) is 4.09. The molecule has 4 heteroatoms. The van der Waals surface area contributed by atoms with Crippen molar-refractivity contribution in [1.82, 2.24) is 4.90 Å². The summed E-state index contributed by atoms with van der Waals surface area (Å²) in [4.78, 5) is 13.5. The fourth-order valence-electron chi connectivity index (χ4n) is 1.90. The van der Waals surface area contributed by atoms with Crippen LogP contribution < -0.4 is 0 Å². The average Bonchev–Trinajstić information content (AvgIpc) is 2.65. The summed E-state index contributed by atoms with van der Waals surface area (Å²) in [5, 5.41) is 9.99. The van der Waals surface area contributed by atoms with Crippen molar-refractivity contribution < 1.29 is 9.90 Å². The largest absolute Gasteiger partial charge is 0.391 e. The first-order valence-electron chi connectivity index (χ1n) is 5.35. The Hall–Kier alpha value is -1.06. The van der Waals surface area contributed by atoms with Crippen LogP contribution in [0.4, 0.5) is 0 Å². The van der Waals surface area contributed by atoms with E-state index < -0.39 is 0 Å². The molecule has 3 nitrogen and oxygen atoms in total. The summed E-state index contributed by atoms with van der Waals surface area (Å²) in [5.74, 6) is 0.0545. The van der Waals surface area contributed by atoms with Gasteiger partial charge in [0.15, 0.2) is 0 Å². The van der Waals surface area contributed by atoms with Gasteiger partial charge in [0, 0.05) is 18.1 Å². The number of benzene rings is 1. The maximum absolute atomic E-state index is 11.8. The van der Waals surface area contributed by atoms with Crippen LogP contribution in [-0.2, 0) is 11.2 Å². The highest BCUT2D eigenvalue weighted by molar-refractivity contribution is 6.30. The molecule has 86 valence electrons.